The Balaban J connectivity index is 1.23. The van der Waals surface area contributed by atoms with Gasteiger partial charge in [-0.2, -0.15) is 9.97 Å². The van der Waals surface area contributed by atoms with E-state index >= 15 is 8.78 Å². The van der Waals surface area contributed by atoms with E-state index in [2.05, 4.69) is 69.4 Å². The maximum Gasteiger partial charge on any atom is 0.410 e. The van der Waals surface area contributed by atoms with Gasteiger partial charge in [-0.05, 0) is 75.0 Å². The van der Waals surface area contributed by atoms with Gasteiger partial charge >= 0.3 is 12.1 Å². The van der Waals surface area contributed by atoms with Crippen LogP contribution < -0.4 is 14.4 Å². The summed E-state index contributed by atoms with van der Waals surface area (Å²) in [5.41, 5.74) is 4.70. The number of carbonyl (C=O) groups excluding carboxylic acids is 1. The van der Waals surface area contributed by atoms with Gasteiger partial charge in [0.2, 0.25) is 5.88 Å². The zero-order chi connectivity index (χ0) is 45.8. The second-order valence-corrected chi connectivity index (χ2v) is 26.5. The SMILES string of the molecule is C=C1CN2C[C@@H](F)CC2(COc2nc3c4c(nc(-c5cccc6ccc(F)c(C#C[Si](C(C)C)(C(C)C)C(C)C)c56)c(F)c4n2)O[C@@H](C)[C@@H]2[C@@H]4CC[C@H](CN32)N4C(=O)OC(C)(C)C)C1. The molecule has 5 aliphatic heterocycles. The van der Waals surface area contributed by atoms with Crippen LogP contribution in [0.4, 0.5) is 23.8 Å². The van der Waals surface area contributed by atoms with Crippen molar-refractivity contribution in [2.24, 2.45) is 0 Å². The van der Waals surface area contributed by atoms with E-state index in [1.165, 1.54) is 6.07 Å². The Bertz CT molecular complexity index is 2600. The number of amides is 1. The van der Waals surface area contributed by atoms with Crippen molar-refractivity contribution in [3.05, 3.63) is 59.7 Å². The highest BCUT2D eigenvalue weighted by molar-refractivity contribution is 6.90. The number of carbonyl (C=O) groups is 1. The Hall–Kier alpha value is -4.87. The predicted octanol–water partition coefficient (Wildman–Crippen LogP) is 10.6. The van der Waals surface area contributed by atoms with Gasteiger partial charge in [-0.1, -0.05) is 83.9 Å². The molecule has 7 heterocycles. The molecule has 2 bridgehead atoms. The molecule has 10 nitrogen and oxygen atoms in total. The number of alkyl halides is 1. The first-order chi connectivity index (χ1) is 30.2. The number of benzene rings is 2. The molecule has 14 heteroatoms. The molecule has 1 amide bonds. The van der Waals surface area contributed by atoms with Crippen molar-refractivity contribution in [3.63, 3.8) is 0 Å². The summed E-state index contributed by atoms with van der Waals surface area (Å²) in [5, 5.41) is 1.41. The van der Waals surface area contributed by atoms with Crippen LogP contribution in [-0.4, -0.2) is 107 Å². The molecule has 0 aliphatic carbocycles. The van der Waals surface area contributed by atoms with Crippen molar-refractivity contribution < 1.29 is 32.2 Å². The Morgan fingerprint density at radius 3 is 2.45 bits per heavy atom. The molecule has 1 unspecified atom stereocenters. The molecule has 0 saturated carbocycles. The normalized spacial score (nSPS) is 25.5. The van der Waals surface area contributed by atoms with E-state index < -0.39 is 55.3 Å². The van der Waals surface area contributed by atoms with E-state index in [0.717, 1.165) is 12.0 Å². The standard InChI is InChI=1S/C50H61F3N6O4Si/c1-27(2)64(28(3)4,29(5)6)20-19-35-37(52)17-15-32-13-12-14-36(39(32)35)42-41(53)43-40-45(56-47(55-43)61-26-50-21-30(7)23-57(50)24-33(51)22-50)58-25-34-16-18-38(44(58)31(8)62-46(40)54-42)59(34)48(60)63-49(9,10)11/h12-15,17,27-29,31,33-34,38,44H,7,16,18,21-26H2,1-6,8-11H3/t31-,33-,34+,38-,44+,50?/m0/s1. The first kappa shape index (κ1) is 44.3. The minimum Gasteiger partial charge on any atom is -0.472 e. The van der Waals surface area contributed by atoms with Crippen LogP contribution >= 0.6 is 0 Å². The topological polar surface area (TPSA) is 93.2 Å². The number of aromatic nitrogens is 3. The molecule has 4 saturated heterocycles. The molecule has 2 aromatic heterocycles. The fourth-order valence-corrected chi connectivity index (χ4v) is 17.4. The monoisotopic (exact) mass is 894 g/mol. The molecular weight excluding hydrogens is 834 g/mol. The molecule has 4 aromatic rings. The van der Waals surface area contributed by atoms with Gasteiger partial charge in [0.1, 0.15) is 60.8 Å². The van der Waals surface area contributed by atoms with Gasteiger partial charge in [0.05, 0.1) is 29.2 Å². The Morgan fingerprint density at radius 2 is 1.75 bits per heavy atom. The predicted molar refractivity (Wildman–Crippen MR) is 247 cm³/mol. The van der Waals surface area contributed by atoms with Gasteiger partial charge in [0.25, 0.3) is 0 Å². The lowest BCUT2D eigenvalue weighted by molar-refractivity contribution is 0.000934. The average Bonchev–Trinajstić information content (AvgIpc) is 3.77. The van der Waals surface area contributed by atoms with Gasteiger partial charge in [-0.3, -0.25) is 9.80 Å². The second-order valence-electron chi connectivity index (χ2n) is 20.9. The third-order valence-corrected chi connectivity index (χ3v) is 21.0. The minimum absolute atomic E-state index is 0.0678. The first-order valence-corrected chi connectivity index (χ1v) is 25.3. The summed E-state index contributed by atoms with van der Waals surface area (Å²) in [5.74, 6) is 2.61. The van der Waals surface area contributed by atoms with Crippen molar-refractivity contribution in [2.45, 2.75) is 153 Å². The summed E-state index contributed by atoms with van der Waals surface area (Å²) in [6.45, 7) is 26.3. The molecular formula is C50H61F3N6O4Si. The molecule has 0 spiro atoms. The average molecular weight is 895 g/mol. The van der Waals surface area contributed by atoms with E-state index in [9.17, 15) is 9.18 Å². The molecule has 6 atom stereocenters. The van der Waals surface area contributed by atoms with Crippen molar-refractivity contribution in [2.75, 3.05) is 31.1 Å². The molecule has 4 fully saturated rings. The Kier molecular flexibility index (Phi) is 11.0. The van der Waals surface area contributed by atoms with Crippen molar-refractivity contribution in [1.29, 1.82) is 0 Å². The highest BCUT2D eigenvalue weighted by atomic mass is 28.3. The largest absolute Gasteiger partial charge is 0.472 e. The Morgan fingerprint density at radius 1 is 1.02 bits per heavy atom. The lowest BCUT2D eigenvalue weighted by Crippen LogP contribution is -2.65. The molecule has 340 valence electrons. The molecule has 5 aliphatic rings. The highest BCUT2D eigenvalue weighted by Gasteiger charge is 2.55. The number of anilines is 1. The van der Waals surface area contributed by atoms with Crippen LogP contribution in [0.25, 0.3) is 32.9 Å². The van der Waals surface area contributed by atoms with Crippen LogP contribution in [0, 0.1) is 23.1 Å². The van der Waals surface area contributed by atoms with Crippen LogP contribution in [0.5, 0.6) is 11.9 Å². The van der Waals surface area contributed by atoms with E-state index in [0.29, 0.717) is 64.7 Å². The number of fused-ring (bicyclic) bond motifs is 7. The molecule has 0 N–H and O–H groups in total. The summed E-state index contributed by atoms with van der Waals surface area (Å²) < 4.78 is 68.5. The van der Waals surface area contributed by atoms with Crippen LogP contribution in [0.3, 0.4) is 0 Å². The lowest BCUT2D eigenvalue weighted by Gasteiger charge is -2.48. The zero-order valence-electron chi connectivity index (χ0n) is 38.8. The van der Waals surface area contributed by atoms with Gasteiger partial charge in [0, 0.05) is 37.0 Å². The van der Waals surface area contributed by atoms with E-state index in [-0.39, 0.29) is 65.7 Å². The van der Waals surface area contributed by atoms with Crippen LogP contribution in [0.2, 0.25) is 16.6 Å². The molecule has 64 heavy (non-hydrogen) atoms. The highest BCUT2D eigenvalue weighted by Crippen LogP contribution is 2.49. The lowest BCUT2D eigenvalue weighted by atomic mass is 9.93. The van der Waals surface area contributed by atoms with Crippen molar-refractivity contribution >= 4 is 41.7 Å². The first-order valence-electron chi connectivity index (χ1n) is 23.0. The maximum absolute atomic E-state index is 18.0. The van der Waals surface area contributed by atoms with Crippen LogP contribution in [0.1, 0.15) is 100 Å². The number of hydrogen-bond acceptors (Lipinski definition) is 9. The fourth-order valence-electron chi connectivity index (χ4n) is 12.2. The summed E-state index contributed by atoms with van der Waals surface area (Å²) in [7, 11) is -2.31. The van der Waals surface area contributed by atoms with Crippen LogP contribution in [0.15, 0.2) is 42.5 Å². The fraction of sp³-hybridized carbons (Fsp3) is 0.560. The van der Waals surface area contributed by atoms with Crippen LogP contribution in [-0.2, 0) is 4.74 Å². The number of piperazine rings is 1. The molecule has 2 aromatic carbocycles. The number of rotatable bonds is 7. The summed E-state index contributed by atoms with van der Waals surface area (Å²) in [6, 6.07) is 7.51. The smallest absolute Gasteiger partial charge is 0.410 e. The zero-order valence-corrected chi connectivity index (χ0v) is 39.8. The minimum atomic E-state index is -2.31. The summed E-state index contributed by atoms with van der Waals surface area (Å²) in [4.78, 5) is 34.6. The molecule has 0 radical (unpaired) electrons. The number of halogens is 3. The Labute approximate surface area is 375 Å². The number of pyridine rings is 1. The second kappa shape index (κ2) is 15.9. The van der Waals surface area contributed by atoms with Crippen molar-refractivity contribution in [1.82, 2.24) is 24.8 Å². The van der Waals surface area contributed by atoms with E-state index in [1.807, 2.05) is 38.7 Å². The van der Waals surface area contributed by atoms with Gasteiger partial charge in [-0.25, -0.2) is 22.9 Å². The van der Waals surface area contributed by atoms with E-state index in [1.54, 1.807) is 18.2 Å². The third kappa shape index (κ3) is 7.20. The molecule has 9 rings (SSSR count). The van der Waals surface area contributed by atoms with E-state index in [4.69, 9.17) is 29.2 Å². The van der Waals surface area contributed by atoms with Gasteiger partial charge < -0.3 is 19.1 Å². The number of ether oxygens (including phenoxy) is 3. The maximum atomic E-state index is 18.0. The number of hydrogen-bond donors (Lipinski definition) is 0. The number of nitrogens with zero attached hydrogens (tertiary/aromatic N) is 6. The van der Waals surface area contributed by atoms with Crippen molar-refractivity contribution in [3.8, 4) is 34.6 Å². The van der Waals surface area contributed by atoms with Gasteiger partial charge in [0.15, 0.2) is 5.82 Å². The quantitative estimate of drug-likeness (QED) is 0.102. The summed E-state index contributed by atoms with van der Waals surface area (Å²) >= 11 is 0. The van der Waals surface area contributed by atoms with Gasteiger partial charge in [-0.15, -0.1) is 5.54 Å². The third-order valence-electron chi connectivity index (χ3n) is 14.7. The summed E-state index contributed by atoms with van der Waals surface area (Å²) in [6.07, 6.45) is 0.326.